The molecular formula is C15H26N2O. The van der Waals surface area contributed by atoms with E-state index in [-0.39, 0.29) is 11.7 Å². The minimum absolute atomic E-state index is 0.140. The number of nitrogens with zero attached hydrogens (tertiary/aromatic N) is 1. The van der Waals surface area contributed by atoms with Crippen LogP contribution in [0.5, 0.6) is 0 Å². The summed E-state index contributed by atoms with van der Waals surface area (Å²) >= 11 is 0. The monoisotopic (exact) mass is 250 g/mol. The van der Waals surface area contributed by atoms with Gasteiger partial charge in [0.1, 0.15) is 0 Å². The molecule has 2 saturated carbocycles. The van der Waals surface area contributed by atoms with Crippen LogP contribution in [0.3, 0.4) is 0 Å². The first-order valence-electron chi connectivity index (χ1n) is 7.66. The lowest BCUT2D eigenvalue weighted by atomic mass is 9.77. The molecule has 3 aliphatic rings. The Morgan fingerprint density at radius 3 is 2.50 bits per heavy atom. The van der Waals surface area contributed by atoms with Gasteiger partial charge >= 0.3 is 0 Å². The van der Waals surface area contributed by atoms with Crippen LogP contribution in [0.4, 0.5) is 0 Å². The lowest BCUT2D eigenvalue weighted by Gasteiger charge is -2.41. The zero-order valence-corrected chi connectivity index (χ0v) is 11.9. The highest BCUT2D eigenvalue weighted by atomic mass is 16.2. The van der Waals surface area contributed by atoms with Crippen molar-refractivity contribution in [3.05, 3.63) is 0 Å². The maximum atomic E-state index is 12.6. The van der Waals surface area contributed by atoms with Crippen LogP contribution in [-0.2, 0) is 4.79 Å². The van der Waals surface area contributed by atoms with Crippen LogP contribution in [0.15, 0.2) is 0 Å². The van der Waals surface area contributed by atoms with Gasteiger partial charge in [0.25, 0.3) is 0 Å². The van der Waals surface area contributed by atoms with Gasteiger partial charge in [-0.25, -0.2) is 0 Å². The van der Waals surface area contributed by atoms with Gasteiger partial charge < -0.3 is 4.90 Å². The molecule has 1 N–H and O–H groups in total. The molecule has 2 aliphatic carbocycles. The van der Waals surface area contributed by atoms with E-state index in [1.165, 1.54) is 25.7 Å². The van der Waals surface area contributed by atoms with Crippen LogP contribution >= 0.6 is 0 Å². The van der Waals surface area contributed by atoms with Crippen LogP contribution in [0.25, 0.3) is 0 Å². The summed E-state index contributed by atoms with van der Waals surface area (Å²) in [5, 5.41) is 3.54. The molecule has 1 spiro atoms. The van der Waals surface area contributed by atoms with E-state index >= 15 is 0 Å². The predicted molar refractivity (Wildman–Crippen MR) is 72.0 cm³/mol. The molecule has 102 valence electrons. The first-order chi connectivity index (χ1) is 8.55. The van der Waals surface area contributed by atoms with Crippen LogP contribution in [0.1, 0.15) is 59.3 Å². The number of nitrogens with one attached hydrogen (secondary N) is 1. The molecule has 3 rings (SSSR count). The highest BCUT2D eigenvalue weighted by molar-refractivity contribution is 5.92. The molecule has 3 unspecified atom stereocenters. The highest BCUT2D eigenvalue weighted by Gasteiger charge is 2.59. The molecule has 3 nitrogen and oxygen atoms in total. The molecular weight excluding hydrogens is 224 g/mol. The molecule has 18 heavy (non-hydrogen) atoms. The maximum Gasteiger partial charge on any atom is 0.244 e. The number of carbonyl (C=O) groups excluding carboxylic acids is 1. The summed E-state index contributed by atoms with van der Waals surface area (Å²) < 4.78 is 0. The molecule has 0 aromatic rings. The summed E-state index contributed by atoms with van der Waals surface area (Å²) in [5.41, 5.74) is -0.140. The van der Waals surface area contributed by atoms with Gasteiger partial charge in [-0.1, -0.05) is 26.7 Å². The summed E-state index contributed by atoms with van der Waals surface area (Å²) in [4.78, 5) is 14.8. The number of amides is 1. The van der Waals surface area contributed by atoms with E-state index in [0.29, 0.717) is 23.8 Å². The molecule has 1 aliphatic heterocycles. The van der Waals surface area contributed by atoms with Crippen molar-refractivity contribution in [3.63, 3.8) is 0 Å². The van der Waals surface area contributed by atoms with Crippen LogP contribution in [0.2, 0.25) is 0 Å². The van der Waals surface area contributed by atoms with Crippen molar-refractivity contribution in [2.75, 3.05) is 0 Å². The number of hydrogen-bond acceptors (Lipinski definition) is 2. The quantitative estimate of drug-likeness (QED) is 0.816. The molecule has 3 heteroatoms. The Kier molecular flexibility index (Phi) is 2.92. The van der Waals surface area contributed by atoms with Gasteiger partial charge in [-0.2, -0.15) is 0 Å². The Balaban J connectivity index is 1.81. The number of carbonyl (C=O) groups is 1. The molecule has 1 saturated heterocycles. The van der Waals surface area contributed by atoms with Gasteiger partial charge in [0.2, 0.25) is 5.91 Å². The maximum absolute atomic E-state index is 12.6. The second kappa shape index (κ2) is 4.22. The van der Waals surface area contributed by atoms with Gasteiger partial charge in [0.05, 0.1) is 11.7 Å². The van der Waals surface area contributed by atoms with Crippen LogP contribution in [0, 0.1) is 11.8 Å². The van der Waals surface area contributed by atoms with E-state index in [9.17, 15) is 4.79 Å². The second-order valence-electron chi connectivity index (χ2n) is 6.87. The molecule has 1 amide bonds. The minimum Gasteiger partial charge on any atom is -0.323 e. The first-order valence-corrected chi connectivity index (χ1v) is 7.66. The Morgan fingerprint density at radius 2 is 1.94 bits per heavy atom. The standard InChI is InChI=1S/C15H26N2O/c1-10(2)12-6-4-5-7-13(12)17-11(3)16-15(8-9-15)14(17)18/h10-13,16H,4-9H2,1-3H3. The largest absolute Gasteiger partial charge is 0.323 e. The topological polar surface area (TPSA) is 32.3 Å². The van der Waals surface area contributed by atoms with E-state index in [1.807, 2.05) is 0 Å². The Bertz CT molecular complexity index is 348. The zero-order valence-electron chi connectivity index (χ0n) is 11.9. The van der Waals surface area contributed by atoms with E-state index in [1.54, 1.807) is 0 Å². The van der Waals surface area contributed by atoms with Crippen molar-refractivity contribution in [1.29, 1.82) is 0 Å². The van der Waals surface area contributed by atoms with Crippen molar-refractivity contribution in [2.24, 2.45) is 11.8 Å². The summed E-state index contributed by atoms with van der Waals surface area (Å²) in [6, 6.07) is 0.480. The normalized spacial score (nSPS) is 38.8. The molecule has 3 atom stereocenters. The Hall–Kier alpha value is -0.570. The SMILES string of the molecule is CC(C)C1CCCCC1N1C(=O)C2(CC2)NC1C. The smallest absolute Gasteiger partial charge is 0.244 e. The Morgan fingerprint density at radius 1 is 1.28 bits per heavy atom. The van der Waals surface area contributed by atoms with Crippen molar-refractivity contribution >= 4 is 5.91 Å². The van der Waals surface area contributed by atoms with Crippen molar-refractivity contribution < 1.29 is 4.79 Å². The van der Waals surface area contributed by atoms with Gasteiger partial charge in [-0.05, 0) is 44.4 Å². The van der Waals surface area contributed by atoms with E-state index in [2.05, 4.69) is 31.0 Å². The number of rotatable bonds is 2. The fourth-order valence-electron chi connectivity index (χ4n) is 4.14. The molecule has 3 fully saturated rings. The average Bonchev–Trinajstić information content (AvgIpc) is 3.05. The summed E-state index contributed by atoms with van der Waals surface area (Å²) in [7, 11) is 0. The molecule has 1 heterocycles. The third-order valence-corrected chi connectivity index (χ3v) is 5.29. The summed E-state index contributed by atoms with van der Waals surface area (Å²) in [6.07, 6.45) is 7.47. The average molecular weight is 250 g/mol. The van der Waals surface area contributed by atoms with Crippen molar-refractivity contribution in [3.8, 4) is 0 Å². The molecule has 0 radical (unpaired) electrons. The van der Waals surface area contributed by atoms with E-state index < -0.39 is 0 Å². The fourth-order valence-corrected chi connectivity index (χ4v) is 4.14. The van der Waals surface area contributed by atoms with E-state index in [0.717, 1.165) is 12.8 Å². The van der Waals surface area contributed by atoms with E-state index in [4.69, 9.17) is 0 Å². The zero-order chi connectivity index (χ0) is 12.9. The predicted octanol–water partition coefficient (Wildman–Crippen LogP) is 2.51. The molecule has 0 bridgehead atoms. The summed E-state index contributed by atoms with van der Waals surface area (Å²) in [5.74, 6) is 1.78. The first kappa shape index (κ1) is 12.5. The lowest BCUT2D eigenvalue weighted by molar-refractivity contribution is -0.135. The van der Waals surface area contributed by atoms with Crippen LogP contribution < -0.4 is 5.32 Å². The third kappa shape index (κ3) is 1.78. The number of hydrogen-bond donors (Lipinski definition) is 1. The lowest BCUT2D eigenvalue weighted by Crippen LogP contribution is -2.49. The van der Waals surface area contributed by atoms with Crippen molar-refractivity contribution in [2.45, 2.75) is 77.0 Å². The summed E-state index contributed by atoms with van der Waals surface area (Å²) in [6.45, 7) is 6.79. The third-order valence-electron chi connectivity index (χ3n) is 5.29. The van der Waals surface area contributed by atoms with Gasteiger partial charge in [0, 0.05) is 6.04 Å². The molecule has 0 aromatic carbocycles. The van der Waals surface area contributed by atoms with Crippen LogP contribution in [-0.4, -0.2) is 28.6 Å². The highest BCUT2D eigenvalue weighted by Crippen LogP contribution is 2.45. The molecule has 0 aromatic heterocycles. The second-order valence-corrected chi connectivity index (χ2v) is 6.87. The van der Waals surface area contributed by atoms with Crippen molar-refractivity contribution in [1.82, 2.24) is 10.2 Å². The minimum atomic E-state index is -0.140. The fraction of sp³-hybridized carbons (Fsp3) is 0.933. The van der Waals surface area contributed by atoms with Gasteiger partial charge in [-0.3, -0.25) is 10.1 Å². The Labute approximate surface area is 110 Å². The van der Waals surface area contributed by atoms with Gasteiger partial charge in [0.15, 0.2) is 0 Å². The van der Waals surface area contributed by atoms with Gasteiger partial charge in [-0.15, -0.1) is 0 Å².